The molecule has 0 spiro atoms. The lowest BCUT2D eigenvalue weighted by Gasteiger charge is -2.32. The van der Waals surface area contributed by atoms with Gasteiger partial charge in [-0.3, -0.25) is 4.98 Å². The molecular weight excluding hydrogens is 466 g/mol. The van der Waals surface area contributed by atoms with Crippen LogP contribution >= 0.6 is 15.9 Å². The third kappa shape index (κ3) is 5.19. The summed E-state index contributed by atoms with van der Waals surface area (Å²) in [6.07, 6.45) is 4.67. The Hall–Kier alpha value is -2.16. The van der Waals surface area contributed by atoms with Gasteiger partial charge in [0, 0.05) is 37.0 Å². The van der Waals surface area contributed by atoms with E-state index in [9.17, 15) is 8.78 Å². The molecule has 1 N–H and O–H groups in total. The van der Waals surface area contributed by atoms with Crippen LogP contribution in [0.25, 0.3) is 11.0 Å². The highest BCUT2D eigenvalue weighted by Crippen LogP contribution is 2.22. The maximum absolute atomic E-state index is 14.0. The molecule has 0 amide bonds. The van der Waals surface area contributed by atoms with Gasteiger partial charge in [0.2, 0.25) is 5.88 Å². The minimum atomic E-state index is -0.829. The van der Waals surface area contributed by atoms with Crippen LogP contribution in [-0.2, 0) is 13.0 Å². The normalized spacial score (nSPS) is 15.5. The predicted molar refractivity (Wildman–Crippen MR) is 120 cm³/mol. The lowest BCUT2D eigenvalue weighted by Crippen LogP contribution is -2.43. The summed E-state index contributed by atoms with van der Waals surface area (Å²) in [6.45, 7) is 3.21. The van der Waals surface area contributed by atoms with Crippen LogP contribution in [0.4, 0.5) is 8.78 Å². The van der Waals surface area contributed by atoms with Crippen molar-refractivity contribution in [3.8, 4) is 5.88 Å². The number of methoxy groups -OCH3 is 1. The standard InChI is InChI=1S/C23H25BrF2N4O/c1-31-20-5-4-19-23(29-20)15(6-10-27-19)7-11-30-12-8-17(9-13-30)28-14-16-2-3-18(24)22(26)21(16)25/h2-6,10,17,28H,7-9,11-14H2,1H3. The molecule has 0 atom stereocenters. The molecule has 31 heavy (non-hydrogen) atoms. The van der Waals surface area contributed by atoms with E-state index in [-0.39, 0.29) is 4.47 Å². The van der Waals surface area contributed by atoms with Gasteiger partial charge in [-0.15, -0.1) is 0 Å². The maximum atomic E-state index is 14.0. The molecule has 5 nitrogen and oxygen atoms in total. The first-order chi connectivity index (χ1) is 15.0. The molecule has 164 valence electrons. The van der Waals surface area contributed by atoms with Gasteiger partial charge in [0.25, 0.3) is 0 Å². The van der Waals surface area contributed by atoms with Crippen LogP contribution in [0.2, 0.25) is 0 Å². The monoisotopic (exact) mass is 490 g/mol. The summed E-state index contributed by atoms with van der Waals surface area (Å²) in [5.41, 5.74) is 3.28. The SMILES string of the molecule is COc1ccc2nccc(CCN3CCC(NCc4ccc(Br)c(F)c4F)CC3)c2n1. The molecule has 0 radical (unpaired) electrons. The maximum Gasteiger partial charge on any atom is 0.213 e. The molecule has 0 saturated carbocycles. The lowest BCUT2D eigenvalue weighted by atomic mass is 10.0. The lowest BCUT2D eigenvalue weighted by molar-refractivity contribution is 0.199. The Morgan fingerprint density at radius 2 is 1.90 bits per heavy atom. The van der Waals surface area contributed by atoms with E-state index in [1.54, 1.807) is 19.2 Å². The van der Waals surface area contributed by atoms with Gasteiger partial charge < -0.3 is 15.0 Å². The predicted octanol–water partition coefficient (Wildman–Crippen LogP) is 4.48. The molecule has 3 heterocycles. The van der Waals surface area contributed by atoms with Crippen LogP contribution in [0.15, 0.2) is 41.0 Å². The van der Waals surface area contributed by atoms with Crippen LogP contribution in [0.1, 0.15) is 24.0 Å². The molecule has 4 rings (SSSR count). The average molecular weight is 491 g/mol. The third-order valence-electron chi connectivity index (χ3n) is 5.83. The second kappa shape index (κ2) is 9.97. The Bertz CT molecular complexity index is 1060. The molecular formula is C23H25BrF2N4O. The fraction of sp³-hybridized carbons (Fsp3) is 0.391. The van der Waals surface area contributed by atoms with Gasteiger partial charge in [0.1, 0.15) is 0 Å². The number of nitrogens with one attached hydrogen (secondary N) is 1. The van der Waals surface area contributed by atoms with E-state index in [0.29, 0.717) is 24.0 Å². The Balaban J connectivity index is 1.28. The van der Waals surface area contributed by atoms with Crippen molar-refractivity contribution < 1.29 is 13.5 Å². The summed E-state index contributed by atoms with van der Waals surface area (Å²) in [4.78, 5) is 11.4. The highest BCUT2D eigenvalue weighted by molar-refractivity contribution is 9.10. The second-order valence-electron chi connectivity index (χ2n) is 7.77. The molecule has 8 heteroatoms. The molecule has 2 aromatic heterocycles. The summed E-state index contributed by atoms with van der Waals surface area (Å²) < 4.78 is 33.1. The van der Waals surface area contributed by atoms with Crippen molar-refractivity contribution in [1.29, 1.82) is 0 Å². The smallest absolute Gasteiger partial charge is 0.213 e. The van der Waals surface area contributed by atoms with Crippen LogP contribution < -0.4 is 10.1 Å². The summed E-state index contributed by atoms with van der Waals surface area (Å²) >= 11 is 3.01. The number of ether oxygens (including phenoxy) is 1. The number of likely N-dealkylation sites (tertiary alicyclic amines) is 1. The van der Waals surface area contributed by atoms with Crippen LogP contribution in [0.5, 0.6) is 5.88 Å². The number of benzene rings is 1. The summed E-state index contributed by atoms with van der Waals surface area (Å²) in [5.74, 6) is -1.02. The number of fused-ring (bicyclic) bond motifs is 1. The molecule has 0 bridgehead atoms. The highest BCUT2D eigenvalue weighted by atomic mass is 79.9. The molecule has 1 aliphatic rings. The fourth-order valence-electron chi connectivity index (χ4n) is 3.97. The van der Waals surface area contributed by atoms with Crippen molar-refractivity contribution in [2.24, 2.45) is 0 Å². The quantitative estimate of drug-likeness (QED) is 0.495. The van der Waals surface area contributed by atoms with Crippen molar-refractivity contribution in [1.82, 2.24) is 20.2 Å². The molecule has 1 fully saturated rings. The second-order valence-corrected chi connectivity index (χ2v) is 8.63. The highest BCUT2D eigenvalue weighted by Gasteiger charge is 2.20. The fourth-order valence-corrected chi connectivity index (χ4v) is 4.28. The number of rotatable bonds is 7. The van der Waals surface area contributed by atoms with Gasteiger partial charge in [-0.25, -0.2) is 13.8 Å². The number of hydrogen-bond acceptors (Lipinski definition) is 5. The van der Waals surface area contributed by atoms with E-state index >= 15 is 0 Å². The van der Waals surface area contributed by atoms with Gasteiger partial charge in [-0.05, 0) is 72.0 Å². The minimum Gasteiger partial charge on any atom is -0.481 e. The van der Waals surface area contributed by atoms with Crippen molar-refractivity contribution in [2.45, 2.75) is 31.8 Å². The Kier molecular flexibility index (Phi) is 7.09. The Morgan fingerprint density at radius 3 is 2.68 bits per heavy atom. The largest absolute Gasteiger partial charge is 0.481 e. The molecule has 0 aliphatic carbocycles. The first-order valence-electron chi connectivity index (χ1n) is 10.4. The van der Waals surface area contributed by atoms with Crippen molar-refractivity contribution in [2.75, 3.05) is 26.7 Å². The summed E-state index contributed by atoms with van der Waals surface area (Å²) in [7, 11) is 1.62. The molecule has 3 aromatic rings. The Labute approximate surface area is 189 Å². The van der Waals surface area contributed by atoms with Gasteiger partial charge in [-0.2, -0.15) is 0 Å². The van der Waals surface area contributed by atoms with Gasteiger partial charge in [0.05, 0.1) is 22.6 Å². The van der Waals surface area contributed by atoms with E-state index < -0.39 is 11.6 Å². The zero-order valence-electron chi connectivity index (χ0n) is 17.4. The summed E-state index contributed by atoms with van der Waals surface area (Å²) in [6, 6.07) is 9.25. The first kappa shape index (κ1) is 22.0. The molecule has 1 aromatic carbocycles. The average Bonchev–Trinajstić information content (AvgIpc) is 2.81. The van der Waals surface area contributed by atoms with Crippen molar-refractivity contribution in [3.63, 3.8) is 0 Å². The van der Waals surface area contributed by atoms with E-state index in [2.05, 4.69) is 36.1 Å². The number of piperidine rings is 1. The molecule has 1 saturated heterocycles. The Morgan fingerprint density at radius 1 is 1.10 bits per heavy atom. The zero-order chi connectivity index (χ0) is 21.8. The van der Waals surface area contributed by atoms with Gasteiger partial charge in [-0.1, -0.05) is 6.07 Å². The third-order valence-corrected chi connectivity index (χ3v) is 6.44. The van der Waals surface area contributed by atoms with E-state index in [1.165, 1.54) is 0 Å². The van der Waals surface area contributed by atoms with Crippen LogP contribution in [0, 0.1) is 11.6 Å². The first-order valence-corrected chi connectivity index (χ1v) is 11.2. The topological polar surface area (TPSA) is 50.3 Å². The van der Waals surface area contributed by atoms with Gasteiger partial charge in [0.15, 0.2) is 11.6 Å². The van der Waals surface area contributed by atoms with Crippen LogP contribution in [0.3, 0.4) is 0 Å². The number of hydrogen-bond donors (Lipinski definition) is 1. The van der Waals surface area contributed by atoms with Crippen LogP contribution in [-0.4, -0.2) is 47.7 Å². The van der Waals surface area contributed by atoms with Gasteiger partial charge >= 0.3 is 0 Å². The van der Waals surface area contributed by atoms with E-state index in [0.717, 1.165) is 55.5 Å². The molecule has 0 unspecified atom stereocenters. The zero-order valence-corrected chi connectivity index (χ0v) is 19.0. The van der Waals surface area contributed by atoms with E-state index in [1.807, 2.05) is 24.4 Å². The number of pyridine rings is 2. The minimum absolute atomic E-state index is 0.151. The molecule has 1 aliphatic heterocycles. The van der Waals surface area contributed by atoms with Crippen molar-refractivity contribution >= 4 is 27.0 Å². The summed E-state index contributed by atoms with van der Waals surface area (Å²) in [5, 5.41) is 3.38. The number of nitrogens with zero attached hydrogens (tertiary/aromatic N) is 3. The number of halogens is 3. The van der Waals surface area contributed by atoms with E-state index in [4.69, 9.17) is 4.74 Å². The van der Waals surface area contributed by atoms with Crippen molar-refractivity contribution in [3.05, 3.63) is 63.8 Å². The number of aromatic nitrogens is 2.